The minimum atomic E-state index is 0.168. The highest BCUT2D eigenvalue weighted by Gasteiger charge is 2.07. The fraction of sp³-hybridized carbons (Fsp3) is 0.333. The molecule has 0 atom stereocenters. The highest BCUT2D eigenvalue weighted by Crippen LogP contribution is 2.26. The normalized spacial score (nSPS) is 10.8. The summed E-state index contributed by atoms with van der Waals surface area (Å²) in [6.07, 6.45) is 0.168. The maximum absolute atomic E-state index is 5.75. The number of nitrogens with two attached hydrogens (primary N) is 1. The highest BCUT2D eigenvalue weighted by molar-refractivity contribution is 5.64. The lowest BCUT2D eigenvalue weighted by atomic mass is 10.1. The van der Waals surface area contributed by atoms with Gasteiger partial charge in [-0.2, -0.15) is 0 Å². The molecule has 1 aromatic heterocycles. The van der Waals surface area contributed by atoms with Crippen LogP contribution in [0.25, 0.3) is 11.3 Å². The van der Waals surface area contributed by atoms with Gasteiger partial charge in [0.25, 0.3) is 0 Å². The maximum atomic E-state index is 5.75. The van der Waals surface area contributed by atoms with E-state index in [1.54, 1.807) is 6.07 Å². The molecule has 0 aliphatic rings. The summed E-state index contributed by atoms with van der Waals surface area (Å²) in [4.78, 5) is 8.49. The second-order valence-corrected chi connectivity index (χ2v) is 4.87. The molecule has 0 fully saturated rings. The van der Waals surface area contributed by atoms with Crippen molar-refractivity contribution in [2.45, 2.75) is 33.8 Å². The van der Waals surface area contributed by atoms with E-state index in [9.17, 15) is 0 Å². The summed E-state index contributed by atoms with van der Waals surface area (Å²) in [6.45, 7) is 7.89. The van der Waals surface area contributed by atoms with E-state index in [0.717, 1.165) is 22.6 Å². The molecule has 0 amide bonds. The summed E-state index contributed by atoms with van der Waals surface area (Å²) < 4.78 is 5.73. The smallest absolute Gasteiger partial charge is 0.128 e. The summed E-state index contributed by atoms with van der Waals surface area (Å²) in [5.41, 5.74) is 8.70. The fourth-order valence-electron chi connectivity index (χ4n) is 1.93. The van der Waals surface area contributed by atoms with Crippen LogP contribution >= 0.6 is 0 Å². The number of rotatable bonds is 3. The average Bonchev–Trinajstić information content (AvgIpc) is 2.30. The van der Waals surface area contributed by atoms with Crippen LogP contribution in [0, 0.1) is 13.8 Å². The number of benzene rings is 1. The Bertz CT molecular complexity index is 574. The van der Waals surface area contributed by atoms with E-state index in [1.807, 2.05) is 39.8 Å². The predicted octanol–water partition coefficient (Wildman–Crippen LogP) is 3.13. The molecule has 2 N–H and O–H groups in total. The lowest BCUT2D eigenvalue weighted by Crippen LogP contribution is -2.06. The first-order valence-electron chi connectivity index (χ1n) is 6.34. The standard InChI is InChI=1S/C15H19N3O/c1-9(2)19-14-6-5-12(7-10(14)3)13-8-15(16)18-11(4)17-13/h5-9H,1-4H3,(H2,16,17,18). The number of ether oxygens (including phenoxy) is 1. The van der Waals surface area contributed by atoms with E-state index >= 15 is 0 Å². The Balaban J connectivity index is 2.38. The molecule has 0 radical (unpaired) electrons. The average molecular weight is 257 g/mol. The van der Waals surface area contributed by atoms with E-state index in [2.05, 4.69) is 16.0 Å². The van der Waals surface area contributed by atoms with Gasteiger partial charge in [-0.15, -0.1) is 0 Å². The molecule has 100 valence electrons. The molecule has 0 aliphatic heterocycles. The van der Waals surface area contributed by atoms with Crippen LogP contribution in [0.3, 0.4) is 0 Å². The Hall–Kier alpha value is -2.10. The number of aromatic nitrogens is 2. The van der Waals surface area contributed by atoms with Crippen LogP contribution in [-0.2, 0) is 0 Å². The Labute approximate surface area is 113 Å². The van der Waals surface area contributed by atoms with Crippen LogP contribution in [-0.4, -0.2) is 16.1 Å². The third-order valence-electron chi connectivity index (χ3n) is 2.69. The van der Waals surface area contributed by atoms with E-state index in [4.69, 9.17) is 10.5 Å². The number of hydrogen-bond donors (Lipinski definition) is 1. The lowest BCUT2D eigenvalue weighted by Gasteiger charge is -2.13. The molecule has 4 heteroatoms. The van der Waals surface area contributed by atoms with Crippen molar-refractivity contribution >= 4 is 5.82 Å². The zero-order valence-electron chi connectivity index (χ0n) is 11.8. The summed E-state index contributed by atoms with van der Waals surface area (Å²) in [7, 11) is 0. The maximum Gasteiger partial charge on any atom is 0.128 e. The highest BCUT2D eigenvalue weighted by atomic mass is 16.5. The van der Waals surface area contributed by atoms with Crippen LogP contribution in [0.5, 0.6) is 5.75 Å². The predicted molar refractivity (Wildman–Crippen MR) is 77.1 cm³/mol. The molecule has 0 unspecified atom stereocenters. The van der Waals surface area contributed by atoms with Gasteiger partial charge in [0, 0.05) is 11.6 Å². The van der Waals surface area contributed by atoms with Crippen molar-refractivity contribution < 1.29 is 4.74 Å². The molecule has 0 saturated carbocycles. The first-order valence-corrected chi connectivity index (χ1v) is 6.34. The molecule has 2 aromatic rings. The van der Waals surface area contributed by atoms with Crippen molar-refractivity contribution in [2.75, 3.05) is 5.73 Å². The molecule has 4 nitrogen and oxygen atoms in total. The summed E-state index contributed by atoms with van der Waals surface area (Å²) in [6, 6.07) is 7.80. The second kappa shape index (κ2) is 5.26. The topological polar surface area (TPSA) is 61.0 Å². The van der Waals surface area contributed by atoms with E-state index in [1.165, 1.54) is 0 Å². The van der Waals surface area contributed by atoms with Gasteiger partial charge in [-0.3, -0.25) is 0 Å². The number of anilines is 1. The Morgan fingerprint density at radius 2 is 1.84 bits per heavy atom. The Morgan fingerprint density at radius 1 is 1.11 bits per heavy atom. The molecule has 0 spiro atoms. The van der Waals surface area contributed by atoms with Gasteiger partial charge in [-0.1, -0.05) is 0 Å². The van der Waals surface area contributed by atoms with Crippen molar-refractivity contribution in [3.8, 4) is 17.0 Å². The molecule has 1 heterocycles. The van der Waals surface area contributed by atoms with Crippen molar-refractivity contribution in [1.29, 1.82) is 0 Å². The molecule has 0 saturated heterocycles. The van der Waals surface area contributed by atoms with E-state index in [0.29, 0.717) is 11.6 Å². The fourth-order valence-corrected chi connectivity index (χ4v) is 1.93. The third-order valence-corrected chi connectivity index (χ3v) is 2.69. The Kier molecular flexibility index (Phi) is 3.69. The third kappa shape index (κ3) is 3.22. The number of nitrogen functional groups attached to an aromatic ring is 1. The van der Waals surface area contributed by atoms with Gasteiger partial charge in [0.15, 0.2) is 0 Å². The molecule has 19 heavy (non-hydrogen) atoms. The SMILES string of the molecule is Cc1nc(N)cc(-c2ccc(OC(C)C)c(C)c2)n1. The number of hydrogen-bond acceptors (Lipinski definition) is 4. The van der Waals surface area contributed by atoms with Crippen molar-refractivity contribution in [1.82, 2.24) is 9.97 Å². The van der Waals surface area contributed by atoms with Gasteiger partial charge in [0.1, 0.15) is 17.4 Å². The second-order valence-electron chi connectivity index (χ2n) is 4.87. The van der Waals surface area contributed by atoms with Crippen LogP contribution in [0.2, 0.25) is 0 Å². The monoisotopic (exact) mass is 257 g/mol. The molecular weight excluding hydrogens is 238 g/mol. The van der Waals surface area contributed by atoms with Gasteiger partial charge < -0.3 is 10.5 Å². The zero-order chi connectivity index (χ0) is 14.0. The minimum absolute atomic E-state index is 0.168. The quantitative estimate of drug-likeness (QED) is 0.917. The van der Waals surface area contributed by atoms with Gasteiger partial charge >= 0.3 is 0 Å². The number of nitrogens with zero attached hydrogens (tertiary/aromatic N) is 2. The van der Waals surface area contributed by atoms with Crippen LogP contribution < -0.4 is 10.5 Å². The van der Waals surface area contributed by atoms with Crippen molar-refractivity contribution in [3.05, 3.63) is 35.7 Å². The van der Waals surface area contributed by atoms with Crippen molar-refractivity contribution in [3.63, 3.8) is 0 Å². The first-order chi connectivity index (χ1) is 8.95. The molecule has 0 aliphatic carbocycles. The number of aryl methyl sites for hydroxylation is 2. The van der Waals surface area contributed by atoms with Gasteiger partial charge in [0.2, 0.25) is 0 Å². The lowest BCUT2D eigenvalue weighted by molar-refractivity contribution is 0.241. The molecule has 1 aromatic carbocycles. The zero-order valence-corrected chi connectivity index (χ0v) is 11.8. The summed E-state index contributed by atoms with van der Waals surface area (Å²) in [5.74, 6) is 2.07. The Morgan fingerprint density at radius 3 is 2.42 bits per heavy atom. The van der Waals surface area contributed by atoms with E-state index < -0.39 is 0 Å². The largest absolute Gasteiger partial charge is 0.491 e. The minimum Gasteiger partial charge on any atom is -0.491 e. The first kappa shape index (κ1) is 13.3. The molecular formula is C15H19N3O. The van der Waals surface area contributed by atoms with Gasteiger partial charge in [-0.25, -0.2) is 9.97 Å². The summed E-state index contributed by atoms with van der Waals surface area (Å²) >= 11 is 0. The van der Waals surface area contributed by atoms with Gasteiger partial charge in [-0.05, 0) is 51.5 Å². The van der Waals surface area contributed by atoms with E-state index in [-0.39, 0.29) is 6.10 Å². The van der Waals surface area contributed by atoms with Gasteiger partial charge in [0.05, 0.1) is 11.8 Å². The van der Waals surface area contributed by atoms with Crippen LogP contribution in [0.15, 0.2) is 24.3 Å². The molecule has 0 bridgehead atoms. The summed E-state index contributed by atoms with van der Waals surface area (Å²) in [5, 5.41) is 0. The van der Waals surface area contributed by atoms with Crippen molar-refractivity contribution in [2.24, 2.45) is 0 Å². The van der Waals surface area contributed by atoms with Crippen LogP contribution in [0.4, 0.5) is 5.82 Å². The molecule has 2 rings (SSSR count). The van der Waals surface area contributed by atoms with Crippen LogP contribution in [0.1, 0.15) is 25.2 Å².